The monoisotopic (exact) mass is 296 g/mol. The van der Waals surface area contributed by atoms with Gasteiger partial charge in [0, 0.05) is 28.3 Å². The topological polar surface area (TPSA) is 24.9 Å². The Hall–Kier alpha value is -0.710. The Bertz CT molecular complexity index is 441. The quantitative estimate of drug-likeness (QED) is 0.935. The first-order chi connectivity index (χ1) is 7.81. The first-order valence-corrected chi connectivity index (χ1v) is 6.82. The van der Waals surface area contributed by atoms with E-state index in [0.29, 0.717) is 6.04 Å². The normalized spacial score (nSPS) is 12.6. The zero-order chi connectivity index (χ0) is 11.4. The molecule has 0 bridgehead atoms. The van der Waals surface area contributed by atoms with Crippen molar-refractivity contribution in [3.05, 3.63) is 50.9 Å². The summed E-state index contributed by atoms with van der Waals surface area (Å²) in [4.78, 5) is 4.14. The van der Waals surface area contributed by atoms with E-state index in [1.54, 1.807) is 17.5 Å². The maximum absolute atomic E-state index is 4.14. The van der Waals surface area contributed by atoms with Crippen molar-refractivity contribution in [3.8, 4) is 0 Å². The Morgan fingerprint density at radius 3 is 2.94 bits per heavy atom. The highest BCUT2D eigenvalue weighted by Gasteiger charge is 2.13. The van der Waals surface area contributed by atoms with Crippen molar-refractivity contribution >= 4 is 27.3 Å². The average molecular weight is 297 g/mol. The largest absolute Gasteiger partial charge is 0.313 e. The lowest BCUT2D eigenvalue weighted by Gasteiger charge is -2.15. The highest BCUT2D eigenvalue weighted by molar-refractivity contribution is 9.10. The molecule has 2 rings (SSSR count). The number of thiophene rings is 1. The second-order valence-electron chi connectivity index (χ2n) is 3.58. The standard InChI is InChI=1S/C12H13BrN2S/c1-14-12(10-7-16-8-11(10)13)5-9-3-2-4-15-6-9/h2-4,6-8,12,14H,5H2,1H3. The zero-order valence-electron chi connectivity index (χ0n) is 8.98. The molecule has 2 heterocycles. The minimum Gasteiger partial charge on any atom is -0.313 e. The van der Waals surface area contributed by atoms with Gasteiger partial charge in [0.05, 0.1) is 0 Å². The fourth-order valence-electron chi connectivity index (χ4n) is 1.66. The number of halogens is 1. The van der Waals surface area contributed by atoms with E-state index in [4.69, 9.17) is 0 Å². The highest BCUT2D eigenvalue weighted by Crippen LogP contribution is 2.29. The molecule has 0 aliphatic heterocycles. The second kappa shape index (κ2) is 5.57. The Balaban J connectivity index is 2.16. The number of nitrogens with zero attached hydrogens (tertiary/aromatic N) is 1. The van der Waals surface area contributed by atoms with Crippen molar-refractivity contribution in [2.45, 2.75) is 12.5 Å². The van der Waals surface area contributed by atoms with E-state index < -0.39 is 0 Å². The van der Waals surface area contributed by atoms with Gasteiger partial charge in [0.15, 0.2) is 0 Å². The second-order valence-corrected chi connectivity index (χ2v) is 5.18. The molecule has 2 aromatic heterocycles. The molecule has 0 saturated carbocycles. The molecule has 0 saturated heterocycles. The predicted molar refractivity (Wildman–Crippen MR) is 71.8 cm³/mol. The summed E-state index contributed by atoms with van der Waals surface area (Å²) in [6, 6.07) is 4.42. The van der Waals surface area contributed by atoms with E-state index in [1.165, 1.54) is 15.6 Å². The van der Waals surface area contributed by atoms with Gasteiger partial charge >= 0.3 is 0 Å². The van der Waals surface area contributed by atoms with Crippen LogP contribution in [0, 0.1) is 0 Å². The molecule has 1 unspecified atom stereocenters. The van der Waals surface area contributed by atoms with Crippen LogP contribution in [0.5, 0.6) is 0 Å². The third kappa shape index (κ3) is 2.70. The molecule has 0 amide bonds. The SMILES string of the molecule is CNC(Cc1cccnc1)c1cscc1Br. The van der Waals surface area contributed by atoms with Gasteiger partial charge in [-0.15, -0.1) is 0 Å². The average Bonchev–Trinajstić information content (AvgIpc) is 2.74. The summed E-state index contributed by atoms with van der Waals surface area (Å²) in [6.07, 6.45) is 4.68. The number of rotatable bonds is 4. The molecule has 16 heavy (non-hydrogen) atoms. The number of nitrogens with one attached hydrogen (secondary N) is 1. The van der Waals surface area contributed by atoms with Gasteiger partial charge in [-0.3, -0.25) is 4.98 Å². The molecule has 0 fully saturated rings. The summed E-state index contributed by atoms with van der Waals surface area (Å²) in [5.74, 6) is 0. The Labute approximate surface area is 108 Å². The minimum absolute atomic E-state index is 0.338. The minimum atomic E-state index is 0.338. The summed E-state index contributed by atoms with van der Waals surface area (Å²) >= 11 is 5.29. The van der Waals surface area contributed by atoms with Crippen LogP contribution in [-0.2, 0) is 6.42 Å². The first kappa shape index (κ1) is 11.8. The Morgan fingerprint density at radius 1 is 1.50 bits per heavy atom. The number of hydrogen-bond donors (Lipinski definition) is 1. The molecule has 0 radical (unpaired) electrons. The van der Waals surface area contributed by atoms with Crippen LogP contribution in [-0.4, -0.2) is 12.0 Å². The first-order valence-electron chi connectivity index (χ1n) is 5.09. The van der Waals surface area contributed by atoms with Crippen LogP contribution in [0.25, 0.3) is 0 Å². The van der Waals surface area contributed by atoms with E-state index in [0.717, 1.165) is 6.42 Å². The van der Waals surface area contributed by atoms with Gasteiger partial charge in [-0.25, -0.2) is 0 Å². The van der Waals surface area contributed by atoms with Crippen molar-refractivity contribution < 1.29 is 0 Å². The van der Waals surface area contributed by atoms with Gasteiger partial charge in [0.1, 0.15) is 0 Å². The van der Waals surface area contributed by atoms with Gasteiger partial charge in [-0.05, 0) is 52.0 Å². The van der Waals surface area contributed by atoms with Crippen molar-refractivity contribution in [2.24, 2.45) is 0 Å². The molecular formula is C12H13BrN2S. The van der Waals surface area contributed by atoms with Crippen LogP contribution in [0.2, 0.25) is 0 Å². The Morgan fingerprint density at radius 2 is 2.38 bits per heavy atom. The molecule has 1 atom stereocenters. The lowest BCUT2D eigenvalue weighted by molar-refractivity contribution is 0.591. The molecule has 2 aromatic rings. The molecule has 0 spiro atoms. The van der Waals surface area contributed by atoms with Crippen molar-refractivity contribution in [1.29, 1.82) is 0 Å². The summed E-state index contributed by atoms with van der Waals surface area (Å²) in [5.41, 5.74) is 2.57. The molecule has 0 aromatic carbocycles. The maximum Gasteiger partial charge on any atom is 0.0378 e. The summed E-state index contributed by atoms with van der Waals surface area (Å²) in [6.45, 7) is 0. The number of likely N-dealkylation sites (N-methyl/N-ethyl adjacent to an activating group) is 1. The molecule has 2 nitrogen and oxygen atoms in total. The van der Waals surface area contributed by atoms with E-state index in [-0.39, 0.29) is 0 Å². The van der Waals surface area contributed by atoms with Crippen LogP contribution in [0.4, 0.5) is 0 Å². The summed E-state index contributed by atoms with van der Waals surface area (Å²) < 4.78 is 1.18. The number of pyridine rings is 1. The maximum atomic E-state index is 4.14. The summed E-state index contributed by atoms with van der Waals surface area (Å²) in [7, 11) is 1.99. The molecule has 0 aliphatic carbocycles. The van der Waals surface area contributed by atoms with Gasteiger partial charge in [-0.1, -0.05) is 6.07 Å². The number of hydrogen-bond acceptors (Lipinski definition) is 3. The third-order valence-corrected chi connectivity index (χ3v) is 4.28. The predicted octanol–water partition coefficient (Wildman–Crippen LogP) is 3.41. The molecule has 1 N–H and O–H groups in total. The Kier molecular flexibility index (Phi) is 4.09. The van der Waals surface area contributed by atoms with Crippen molar-refractivity contribution in [3.63, 3.8) is 0 Å². The third-order valence-electron chi connectivity index (χ3n) is 2.53. The van der Waals surface area contributed by atoms with Crippen LogP contribution in [0.1, 0.15) is 17.2 Å². The van der Waals surface area contributed by atoms with Crippen LogP contribution < -0.4 is 5.32 Å². The van der Waals surface area contributed by atoms with E-state index in [2.05, 4.69) is 43.1 Å². The number of aromatic nitrogens is 1. The van der Waals surface area contributed by atoms with Crippen molar-refractivity contribution in [1.82, 2.24) is 10.3 Å². The smallest absolute Gasteiger partial charge is 0.0378 e. The van der Waals surface area contributed by atoms with Crippen LogP contribution in [0.15, 0.2) is 39.8 Å². The van der Waals surface area contributed by atoms with Gasteiger partial charge in [-0.2, -0.15) is 11.3 Å². The van der Waals surface area contributed by atoms with Gasteiger partial charge in [0.25, 0.3) is 0 Å². The lowest BCUT2D eigenvalue weighted by Crippen LogP contribution is -2.18. The molecule has 0 aliphatic rings. The van der Waals surface area contributed by atoms with Gasteiger partial charge in [0.2, 0.25) is 0 Å². The molecule has 4 heteroatoms. The zero-order valence-corrected chi connectivity index (χ0v) is 11.4. The molecular weight excluding hydrogens is 284 g/mol. The lowest BCUT2D eigenvalue weighted by atomic mass is 10.0. The highest BCUT2D eigenvalue weighted by atomic mass is 79.9. The van der Waals surface area contributed by atoms with Crippen LogP contribution in [0.3, 0.4) is 0 Å². The summed E-state index contributed by atoms with van der Waals surface area (Å²) in [5, 5.41) is 7.64. The van der Waals surface area contributed by atoms with Gasteiger partial charge < -0.3 is 5.32 Å². The molecule has 84 valence electrons. The van der Waals surface area contributed by atoms with E-state index in [9.17, 15) is 0 Å². The van der Waals surface area contributed by atoms with Crippen LogP contribution >= 0.6 is 27.3 Å². The fraction of sp³-hybridized carbons (Fsp3) is 0.250. The fourth-order valence-corrected chi connectivity index (χ4v) is 3.29. The van der Waals surface area contributed by atoms with E-state index in [1.807, 2.05) is 19.3 Å². The van der Waals surface area contributed by atoms with E-state index >= 15 is 0 Å². The van der Waals surface area contributed by atoms with Crippen molar-refractivity contribution in [2.75, 3.05) is 7.05 Å².